The van der Waals surface area contributed by atoms with Gasteiger partial charge in [-0.3, -0.25) is 0 Å². The number of quaternary nitrogens is 1. The van der Waals surface area contributed by atoms with Gasteiger partial charge in [-0.2, -0.15) is 0 Å². The number of rotatable bonds is 4. The maximum atomic E-state index is 10.4. The summed E-state index contributed by atoms with van der Waals surface area (Å²) in [5.41, 5.74) is 0. The minimum atomic E-state index is -4.72. The summed E-state index contributed by atoms with van der Waals surface area (Å²) < 4.78 is 32.5. The molecule has 1 saturated heterocycles. The average molecular weight is 345 g/mol. The van der Waals surface area contributed by atoms with Crippen molar-refractivity contribution < 1.29 is 27.7 Å². The van der Waals surface area contributed by atoms with E-state index in [1.54, 1.807) is 0 Å². The van der Waals surface area contributed by atoms with E-state index in [4.69, 9.17) is 10.2 Å². The van der Waals surface area contributed by atoms with Crippen molar-refractivity contribution in [3.63, 3.8) is 0 Å². The molecule has 0 atom stereocenters. The van der Waals surface area contributed by atoms with E-state index in [9.17, 15) is 13.0 Å². The zero-order valence-corrected chi connectivity index (χ0v) is 14.7. The Balaban J connectivity index is 0.000000231. The highest BCUT2D eigenvalue weighted by Gasteiger charge is 2.23. The lowest BCUT2D eigenvalue weighted by Gasteiger charge is -2.37. The molecule has 0 aromatic heterocycles. The summed E-state index contributed by atoms with van der Waals surface area (Å²) in [5.74, 6) is -1.05. The molecule has 1 fully saturated rings. The summed E-state index contributed by atoms with van der Waals surface area (Å²) in [6.07, 6.45) is 7.16. The quantitative estimate of drug-likeness (QED) is 0.496. The maximum Gasteiger partial charge on any atom is 0.133 e. The van der Waals surface area contributed by atoms with E-state index in [2.05, 4.69) is 14.0 Å². The van der Waals surface area contributed by atoms with Crippen molar-refractivity contribution in [1.29, 1.82) is 0 Å². The molecule has 2 rings (SSSR count). The van der Waals surface area contributed by atoms with Gasteiger partial charge in [-0.05, 0) is 37.8 Å². The highest BCUT2D eigenvalue weighted by molar-refractivity contribution is 7.85. The van der Waals surface area contributed by atoms with E-state index in [0.29, 0.717) is 6.07 Å². The number of nitrogens with zero attached hydrogens (tertiary/aromatic N) is 1. The van der Waals surface area contributed by atoms with Crippen molar-refractivity contribution >= 4 is 10.1 Å². The SMILES string of the molecule is CCCC[N+]1(C)CCCCC1.O=S(=O)([O-])c1cc(O)ccc1O. The van der Waals surface area contributed by atoms with Crippen LogP contribution in [0.2, 0.25) is 0 Å². The first-order valence-electron chi connectivity index (χ1n) is 7.99. The fourth-order valence-corrected chi connectivity index (χ4v) is 3.33. The zero-order chi connectivity index (χ0) is 17.5. The van der Waals surface area contributed by atoms with Gasteiger partial charge >= 0.3 is 0 Å². The molecule has 1 aliphatic rings. The van der Waals surface area contributed by atoms with Crippen LogP contribution in [0, 0.1) is 0 Å². The lowest BCUT2D eigenvalue weighted by atomic mass is 10.1. The molecular weight excluding hydrogens is 318 g/mol. The van der Waals surface area contributed by atoms with E-state index < -0.39 is 20.8 Å². The van der Waals surface area contributed by atoms with Crippen molar-refractivity contribution in [3.05, 3.63) is 18.2 Å². The molecule has 0 radical (unpaired) electrons. The average Bonchev–Trinajstić information content (AvgIpc) is 2.48. The maximum absolute atomic E-state index is 10.4. The third kappa shape index (κ3) is 6.76. The van der Waals surface area contributed by atoms with Crippen molar-refractivity contribution in [2.24, 2.45) is 0 Å². The largest absolute Gasteiger partial charge is 0.744 e. The monoisotopic (exact) mass is 345 g/mol. The number of phenols is 2. The molecule has 2 N–H and O–H groups in total. The zero-order valence-electron chi connectivity index (χ0n) is 13.9. The Kier molecular flexibility index (Phi) is 7.31. The van der Waals surface area contributed by atoms with Crippen molar-refractivity contribution in [1.82, 2.24) is 0 Å². The Hall–Kier alpha value is -1.31. The summed E-state index contributed by atoms with van der Waals surface area (Å²) >= 11 is 0. The van der Waals surface area contributed by atoms with Crippen LogP contribution < -0.4 is 0 Å². The Labute approximate surface area is 138 Å². The van der Waals surface area contributed by atoms with Crippen LogP contribution in [0.15, 0.2) is 23.1 Å². The molecule has 132 valence electrons. The minimum absolute atomic E-state index is 0.387. The van der Waals surface area contributed by atoms with Crippen LogP contribution >= 0.6 is 0 Å². The second kappa shape index (κ2) is 8.52. The van der Waals surface area contributed by atoms with Crippen LogP contribution in [0.25, 0.3) is 0 Å². The molecule has 1 heterocycles. The van der Waals surface area contributed by atoms with Gasteiger partial charge in [0.1, 0.15) is 21.6 Å². The standard InChI is InChI=1S/C10H22N.C6H6O5S/c1-3-4-8-11(2)9-6-5-7-10-11;7-4-1-2-5(8)6(3-4)12(9,10)11/h3-10H2,1-2H3;1-3,7-8H,(H,9,10,11)/q+1;/p-1. The molecule has 1 aliphatic heterocycles. The van der Waals surface area contributed by atoms with Gasteiger partial charge in [-0.25, -0.2) is 8.42 Å². The molecule has 0 aliphatic carbocycles. The number of aromatic hydroxyl groups is 2. The van der Waals surface area contributed by atoms with Crippen molar-refractivity contribution in [2.45, 2.75) is 43.9 Å². The molecule has 0 saturated carbocycles. The van der Waals surface area contributed by atoms with E-state index in [1.807, 2.05) is 0 Å². The summed E-state index contributed by atoms with van der Waals surface area (Å²) in [5, 5.41) is 17.7. The van der Waals surface area contributed by atoms with Gasteiger partial charge in [0.2, 0.25) is 0 Å². The summed E-state index contributed by atoms with van der Waals surface area (Å²) in [6, 6.07) is 2.70. The molecule has 1 aromatic rings. The normalized spacial score (nSPS) is 17.2. The van der Waals surface area contributed by atoms with Gasteiger partial charge in [-0.1, -0.05) is 13.3 Å². The minimum Gasteiger partial charge on any atom is -0.744 e. The number of benzene rings is 1. The second-order valence-corrected chi connectivity index (χ2v) is 7.66. The van der Waals surface area contributed by atoms with Gasteiger partial charge in [0, 0.05) is 6.07 Å². The number of hydrogen-bond acceptors (Lipinski definition) is 5. The van der Waals surface area contributed by atoms with Crippen LogP contribution in [-0.4, -0.2) is 54.3 Å². The fraction of sp³-hybridized carbons (Fsp3) is 0.625. The van der Waals surface area contributed by atoms with E-state index in [0.717, 1.165) is 12.1 Å². The Morgan fingerprint density at radius 1 is 1.17 bits per heavy atom. The third-order valence-corrected chi connectivity index (χ3v) is 5.03. The molecule has 0 amide bonds. The van der Waals surface area contributed by atoms with Gasteiger partial charge in [0.05, 0.1) is 31.6 Å². The Morgan fingerprint density at radius 2 is 1.78 bits per heavy atom. The van der Waals surface area contributed by atoms with Gasteiger partial charge in [-0.15, -0.1) is 0 Å². The molecule has 7 heteroatoms. The summed E-state index contributed by atoms with van der Waals surface area (Å²) in [7, 11) is -2.29. The number of unbranched alkanes of at least 4 members (excludes halogenated alkanes) is 1. The highest BCUT2D eigenvalue weighted by atomic mass is 32.2. The highest BCUT2D eigenvalue weighted by Crippen LogP contribution is 2.25. The molecule has 1 aromatic carbocycles. The van der Waals surface area contributed by atoms with Crippen LogP contribution in [0.5, 0.6) is 11.5 Å². The van der Waals surface area contributed by atoms with Crippen molar-refractivity contribution in [2.75, 3.05) is 26.7 Å². The first kappa shape index (κ1) is 19.7. The topological polar surface area (TPSA) is 97.7 Å². The van der Waals surface area contributed by atoms with Crippen LogP contribution in [-0.2, 0) is 10.1 Å². The summed E-state index contributed by atoms with van der Waals surface area (Å²) in [6.45, 7) is 6.56. The number of hydrogen-bond donors (Lipinski definition) is 2. The van der Waals surface area contributed by atoms with Crippen LogP contribution in [0.4, 0.5) is 0 Å². The van der Waals surface area contributed by atoms with Gasteiger partial charge in [0.15, 0.2) is 0 Å². The fourth-order valence-electron chi connectivity index (χ4n) is 2.74. The van der Waals surface area contributed by atoms with Gasteiger partial charge in [0.25, 0.3) is 0 Å². The molecule has 0 unspecified atom stereocenters. The lowest BCUT2D eigenvalue weighted by Crippen LogP contribution is -2.48. The molecule has 23 heavy (non-hydrogen) atoms. The first-order chi connectivity index (χ1) is 10.7. The number of phenolic OH excluding ortho intramolecular Hbond substituents is 2. The van der Waals surface area contributed by atoms with E-state index >= 15 is 0 Å². The molecule has 6 nitrogen and oxygen atoms in total. The second-order valence-electron chi connectivity index (χ2n) is 6.31. The Morgan fingerprint density at radius 3 is 2.26 bits per heavy atom. The number of likely N-dealkylation sites (tertiary alicyclic amines) is 1. The third-order valence-electron chi connectivity index (χ3n) is 4.16. The van der Waals surface area contributed by atoms with Crippen LogP contribution in [0.1, 0.15) is 39.0 Å². The Bertz CT molecular complexity index is 594. The molecule has 0 bridgehead atoms. The lowest BCUT2D eigenvalue weighted by molar-refractivity contribution is -0.914. The van der Waals surface area contributed by atoms with Gasteiger partial charge < -0.3 is 19.2 Å². The van der Waals surface area contributed by atoms with E-state index in [1.165, 1.54) is 56.2 Å². The molecular formula is C16H27NO5S. The smallest absolute Gasteiger partial charge is 0.133 e. The molecule has 0 spiro atoms. The van der Waals surface area contributed by atoms with Crippen LogP contribution in [0.3, 0.4) is 0 Å². The first-order valence-corrected chi connectivity index (χ1v) is 9.40. The summed E-state index contributed by atoms with van der Waals surface area (Å²) in [4.78, 5) is -0.817. The predicted molar refractivity (Wildman–Crippen MR) is 87.3 cm³/mol. The predicted octanol–water partition coefficient (Wildman–Crippen LogP) is 2.42. The number of piperidine rings is 1. The van der Waals surface area contributed by atoms with E-state index in [-0.39, 0.29) is 5.75 Å². The van der Waals surface area contributed by atoms with Crippen molar-refractivity contribution in [3.8, 4) is 11.5 Å².